The number of carbonyl (C=O) groups excluding carboxylic acids is 1. The number of nitrogens with zero attached hydrogens (tertiary/aromatic N) is 1. The van der Waals surface area contributed by atoms with Gasteiger partial charge in [0.15, 0.2) is 0 Å². The van der Waals surface area contributed by atoms with Crippen LogP contribution in [-0.4, -0.2) is 34.9 Å². The molecule has 2 saturated carbocycles. The predicted molar refractivity (Wildman–Crippen MR) is 93.3 cm³/mol. The van der Waals surface area contributed by atoms with Crippen molar-refractivity contribution in [1.29, 1.82) is 0 Å². The molecule has 1 aromatic carbocycles. The van der Waals surface area contributed by atoms with E-state index in [0.29, 0.717) is 29.9 Å². The molecule has 128 valence electrons. The van der Waals surface area contributed by atoms with Crippen LogP contribution >= 0.6 is 0 Å². The molecule has 3 unspecified atom stereocenters. The highest BCUT2D eigenvalue weighted by molar-refractivity contribution is 5.82. The second-order valence-corrected chi connectivity index (χ2v) is 8.74. The van der Waals surface area contributed by atoms with Gasteiger partial charge in [-0.25, -0.2) is 0 Å². The summed E-state index contributed by atoms with van der Waals surface area (Å²) in [6, 6.07) is 4.84. The second-order valence-electron chi connectivity index (χ2n) is 8.74. The third-order valence-corrected chi connectivity index (χ3v) is 7.32. The Hall–Kier alpha value is -1.35. The Kier molecular flexibility index (Phi) is 3.16. The number of benzene rings is 1. The number of phenolic OH excluding ortho intramolecular Hbond substituents is 1. The number of hydrogen-bond donors (Lipinski definition) is 1. The molecule has 4 aliphatic rings. The molecule has 3 aliphatic carbocycles. The first kappa shape index (κ1) is 14.9. The van der Waals surface area contributed by atoms with E-state index in [-0.39, 0.29) is 5.41 Å². The summed E-state index contributed by atoms with van der Waals surface area (Å²) in [4.78, 5) is 15.1. The first-order valence-corrected chi connectivity index (χ1v) is 9.66. The highest BCUT2D eigenvalue weighted by Gasteiger charge is 2.56. The number of aromatic hydroxyl groups is 1. The summed E-state index contributed by atoms with van der Waals surface area (Å²) in [5.74, 6) is 2.33. The number of phenols is 1. The predicted octanol–water partition coefficient (Wildman–Crippen LogP) is 3.35. The van der Waals surface area contributed by atoms with Crippen molar-refractivity contribution in [2.45, 2.75) is 63.3 Å². The van der Waals surface area contributed by atoms with Crippen molar-refractivity contribution in [2.75, 3.05) is 13.1 Å². The van der Waals surface area contributed by atoms with Crippen molar-refractivity contribution >= 4 is 5.78 Å². The fourth-order valence-corrected chi connectivity index (χ4v) is 5.98. The van der Waals surface area contributed by atoms with E-state index in [4.69, 9.17) is 0 Å². The first-order chi connectivity index (χ1) is 11.6. The second kappa shape index (κ2) is 5.08. The lowest BCUT2D eigenvalue weighted by Crippen LogP contribution is -2.62. The molecule has 0 spiro atoms. The molecule has 0 aromatic heterocycles. The van der Waals surface area contributed by atoms with Crippen LogP contribution in [0.15, 0.2) is 12.1 Å². The average molecular weight is 325 g/mol. The zero-order valence-electron chi connectivity index (χ0n) is 14.6. The van der Waals surface area contributed by atoms with Crippen LogP contribution in [0.25, 0.3) is 0 Å². The fraction of sp³-hybridized carbons (Fsp3) is 0.667. The van der Waals surface area contributed by atoms with Crippen molar-refractivity contribution < 1.29 is 9.90 Å². The summed E-state index contributed by atoms with van der Waals surface area (Å²) in [6.07, 6.45) is 7.28. The molecule has 0 radical (unpaired) electrons. The van der Waals surface area contributed by atoms with Crippen LogP contribution in [-0.2, 0) is 16.6 Å². The van der Waals surface area contributed by atoms with Gasteiger partial charge in [0.25, 0.3) is 0 Å². The van der Waals surface area contributed by atoms with Gasteiger partial charge in [-0.1, -0.05) is 12.1 Å². The Morgan fingerprint density at radius 3 is 2.92 bits per heavy atom. The van der Waals surface area contributed by atoms with Crippen molar-refractivity contribution in [3.05, 3.63) is 28.8 Å². The minimum absolute atomic E-state index is 0.0935. The van der Waals surface area contributed by atoms with Crippen molar-refractivity contribution in [2.24, 2.45) is 11.8 Å². The minimum atomic E-state index is -0.0935. The quantitative estimate of drug-likeness (QED) is 0.906. The van der Waals surface area contributed by atoms with Crippen LogP contribution in [0.1, 0.15) is 55.2 Å². The number of hydrogen-bond acceptors (Lipinski definition) is 3. The zero-order chi connectivity index (χ0) is 16.5. The number of fused-ring (bicyclic) bond motifs is 1. The molecule has 24 heavy (non-hydrogen) atoms. The van der Waals surface area contributed by atoms with Gasteiger partial charge in [-0.05, 0) is 68.5 Å². The van der Waals surface area contributed by atoms with Crippen LogP contribution in [0.4, 0.5) is 0 Å². The summed E-state index contributed by atoms with van der Waals surface area (Å²) < 4.78 is 0. The number of rotatable bonds is 2. The molecule has 3 heteroatoms. The summed E-state index contributed by atoms with van der Waals surface area (Å²) in [6.45, 7) is 4.33. The van der Waals surface area contributed by atoms with Gasteiger partial charge < -0.3 is 5.11 Å². The lowest BCUT2D eigenvalue weighted by atomic mass is 9.51. The molecule has 3 nitrogen and oxygen atoms in total. The number of ketones is 1. The number of likely N-dealkylation sites (tertiary alicyclic amines) is 1. The summed E-state index contributed by atoms with van der Waals surface area (Å²) in [5.41, 5.74) is 3.31. The molecular formula is C21H27NO2. The van der Waals surface area contributed by atoms with Gasteiger partial charge in [0.05, 0.1) is 0 Å². The van der Waals surface area contributed by atoms with Gasteiger partial charge in [-0.15, -0.1) is 0 Å². The van der Waals surface area contributed by atoms with Gasteiger partial charge in [0.1, 0.15) is 11.5 Å². The van der Waals surface area contributed by atoms with Crippen molar-refractivity contribution in [3.63, 3.8) is 0 Å². The van der Waals surface area contributed by atoms with E-state index >= 15 is 0 Å². The van der Waals surface area contributed by atoms with E-state index in [1.165, 1.54) is 24.9 Å². The normalized spacial score (nSPS) is 35.5. The van der Waals surface area contributed by atoms with Gasteiger partial charge in [-0.3, -0.25) is 9.69 Å². The van der Waals surface area contributed by atoms with Crippen LogP contribution in [0.5, 0.6) is 5.75 Å². The van der Waals surface area contributed by atoms with Crippen molar-refractivity contribution in [3.8, 4) is 5.75 Å². The van der Waals surface area contributed by atoms with Crippen LogP contribution in [0, 0.1) is 18.8 Å². The zero-order valence-corrected chi connectivity index (χ0v) is 14.6. The highest BCUT2D eigenvalue weighted by Crippen LogP contribution is 2.57. The topological polar surface area (TPSA) is 40.5 Å². The Balaban J connectivity index is 1.63. The minimum Gasteiger partial charge on any atom is -0.507 e. The molecule has 1 saturated heterocycles. The summed E-state index contributed by atoms with van der Waals surface area (Å²) in [5, 5.41) is 10.9. The van der Waals surface area contributed by atoms with Crippen LogP contribution in [0.2, 0.25) is 0 Å². The third-order valence-electron chi connectivity index (χ3n) is 7.32. The fourth-order valence-electron chi connectivity index (χ4n) is 5.98. The van der Waals surface area contributed by atoms with Crippen molar-refractivity contribution in [1.82, 2.24) is 4.90 Å². The van der Waals surface area contributed by atoms with Crippen LogP contribution in [0.3, 0.4) is 0 Å². The Morgan fingerprint density at radius 1 is 1.29 bits per heavy atom. The standard InChI is InChI=1S/C21H27NO2/c1-13-2-5-15-10-18-17-7-6-16(23)11-21(17,19(15)20(13)24)8-9-22(18)12-14-3-4-14/h2,5,14,17-18,24H,3-4,6-12H2,1H3. The van der Waals surface area contributed by atoms with E-state index < -0.39 is 0 Å². The average Bonchev–Trinajstić information content (AvgIpc) is 3.37. The smallest absolute Gasteiger partial charge is 0.133 e. The molecule has 3 fully saturated rings. The monoisotopic (exact) mass is 325 g/mol. The summed E-state index contributed by atoms with van der Waals surface area (Å²) in [7, 11) is 0. The molecular weight excluding hydrogens is 298 g/mol. The maximum absolute atomic E-state index is 12.4. The SMILES string of the molecule is Cc1ccc2c(c1O)C13CCN(CC4CC4)C(C2)C1CCC(=O)C3. The highest BCUT2D eigenvalue weighted by atomic mass is 16.3. The van der Waals surface area contributed by atoms with E-state index in [0.717, 1.165) is 49.3 Å². The lowest BCUT2D eigenvalue weighted by molar-refractivity contribution is -0.127. The molecule has 2 bridgehead atoms. The number of carbonyl (C=O) groups is 1. The molecule has 1 aromatic rings. The van der Waals surface area contributed by atoms with E-state index in [2.05, 4.69) is 17.0 Å². The molecule has 1 aliphatic heterocycles. The number of aryl methyl sites for hydroxylation is 1. The maximum Gasteiger partial charge on any atom is 0.133 e. The third kappa shape index (κ3) is 2.03. The van der Waals surface area contributed by atoms with Gasteiger partial charge in [0, 0.05) is 36.4 Å². The Labute approximate surface area is 144 Å². The molecule has 0 amide bonds. The summed E-state index contributed by atoms with van der Waals surface area (Å²) >= 11 is 0. The Morgan fingerprint density at radius 2 is 2.12 bits per heavy atom. The number of Topliss-reactive ketones (excluding diaryl/α,β-unsaturated/α-hetero) is 1. The van der Waals surface area contributed by atoms with E-state index in [1.54, 1.807) is 0 Å². The molecule has 3 atom stereocenters. The lowest BCUT2D eigenvalue weighted by Gasteiger charge is -2.58. The first-order valence-electron chi connectivity index (χ1n) is 9.66. The maximum atomic E-state index is 12.4. The van der Waals surface area contributed by atoms with E-state index in [1.807, 2.05) is 6.92 Å². The van der Waals surface area contributed by atoms with Gasteiger partial charge in [0.2, 0.25) is 0 Å². The number of piperidine rings is 1. The van der Waals surface area contributed by atoms with Gasteiger partial charge >= 0.3 is 0 Å². The van der Waals surface area contributed by atoms with Crippen LogP contribution < -0.4 is 0 Å². The molecule has 1 N–H and O–H groups in total. The molecule has 1 heterocycles. The van der Waals surface area contributed by atoms with E-state index in [9.17, 15) is 9.90 Å². The molecule has 5 rings (SSSR count). The van der Waals surface area contributed by atoms with Gasteiger partial charge in [-0.2, -0.15) is 0 Å². The largest absolute Gasteiger partial charge is 0.507 e. The Bertz CT molecular complexity index is 708.